The molecule has 0 aliphatic carbocycles. The van der Waals surface area contributed by atoms with Gasteiger partial charge < -0.3 is 9.88 Å². The van der Waals surface area contributed by atoms with E-state index in [0.717, 1.165) is 22.0 Å². The number of amides is 1. The number of nitrogens with one attached hydrogen (secondary N) is 1. The topological polar surface area (TPSA) is 107 Å². The average molecular weight is 511 g/mol. The van der Waals surface area contributed by atoms with Crippen molar-refractivity contribution in [3.63, 3.8) is 0 Å². The van der Waals surface area contributed by atoms with Crippen LogP contribution in [-0.2, 0) is 21.4 Å². The lowest BCUT2D eigenvalue weighted by Gasteiger charge is -2.16. The quantitative estimate of drug-likeness (QED) is 0.215. The second kappa shape index (κ2) is 10.1. The number of aromatic nitrogens is 2. The summed E-state index contributed by atoms with van der Waals surface area (Å²) in [5, 5.41) is 9.45. The van der Waals surface area contributed by atoms with Crippen molar-refractivity contribution >= 4 is 56.5 Å². The average Bonchev–Trinajstić information content (AvgIpc) is 2.80. The summed E-state index contributed by atoms with van der Waals surface area (Å²) in [4.78, 5) is 17.4. The van der Waals surface area contributed by atoms with Gasteiger partial charge in [0.05, 0.1) is 22.7 Å². The van der Waals surface area contributed by atoms with E-state index in [2.05, 4.69) is 5.32 Å². The molecule has 0 fully saturated rings. The standard InChI is InChI=1S/C24H22N4O3S3/c1-16-6-5-9-20-22(16)23(32)28(14-17-7-3-2-4-8-17)24(27-20)33-15-21(29)26-18-10-12-19(13-11-18)34(25,30)31/h2-13H,14-15H2,1H3,(H,26,29)(H2,25,30,31). The van der Waals surface area contributed by atoms with Gasteiger partial charge >= 0.3 is 0 Å². The number of sulfonamides is 1. The zero-order chi connectivity index (χ0) is 24.3. The zero-order valence-corrected chi connectivity index (χ0v) is 20.7. The van der Waals surface area contributed by atoms with E-state index in [1.165, 1.54) is 36.0 Å². The van der Waals surface area contributed by atoms with Crippen LogP contribution in [0.15, 0.2) is 82.8 Å². The number of aryl methyl sites for hydroxylation is 1. The van der Waals surface area contributed by atoms with Crippen molar-refractivity contribution in [2.75, 3.05) is 11.1 Å². The van der Waals surface area contributed by atoms with Crippen molar-refractivity contribution < 1.29 is 13.2 Å². The third kappa shape index (κ3) is 5.53. The normalized spacial score (nSPS) is 11.5. The fourth-order valence-corrected chi connectivity index (χ4v) is 5.28. The molecule has 0 radical (unpaired) electrons. The van der Waals surface area contributed by atoms with Gasteiger partial charge in [0.1, 0.15) is 4.64 Å². The van der Waals surface area contributed by atoms with Gasteiger partial charge in [-0.1, -0.05) is 66.4 Å². The Morgan fingerprint density at radius 3 is 2.44 bits per heavy atom. The second-order valence-electron chi connectivity index (χ2n) is 7.65. The first-order valence-electron chi connectivity index (χ1n) is 10.3. The van der Waals surface area contributed by atoms with Crippen LogP contribution in [0.3, 0.4) is 0 Å². The zero-order valence-electron chi connectivity index (χ0n) is 18.3. The maximum absolute atomic E-state index is 12.6. The predicted molar refractivity (Wildman–Crippen MR) is 138 cm³/mol. The first kappa shape index (κ1) is 24.1. The molecule has 0 saturated heterocycles. The summed E-state index contributed by atoms with van der Waals surface area (Å²) in [6.45, 7) is 2.55. The highest BCUT2D eigenvalue weighted by Crippen LogP contribution is 2.26. The highest BCUT2D eigenvalue weighted by Gasteiger charge is 2.14. The molecule has 0 aliphatic heterocycles. The molecule has 0 saturated carbocycles. The van der Waals surface area contributed by atoms with E-state index in [4.69, 9.17) is 22.3 Å². The number of thioether (sulfide) groups is 1. The molecule has 4 aromatic rings. The van der Waals surface area contributed by atoms with Gasteiger partial charge in [0, 0.05) is 11.1 Å². The summed E-state index contributed by atoms with van der Waals surface area (Å²) >= 11 is 7.14. The Labute approximate surface area is 207 Å². The van der Waals surface area contributed by atoms with Gasteiger partial charge in [0.15, 0.2) is 5.16 Å². The van der Waals surface area contributed by atoms with E-state index < -0.39 is 10.0 Å². The van der Waals surface area contributed by atoms with Gasteiger partial charge in [-0.25, -0.2) is 18.5 Å². The molecule has 1 heterocycles. The summed E-state index contributed by atoms with van der Waals surface area (Å²) in [6.07, 6.45) is 0. The van der Waals surface area contributed by atoms with Crippen LogP contribution < -0.4 is 10.5 Å². The number of nitrogens with two attached hydrogens (primary N) is 1. The number of primary sulfonamides is 1. The van der Waals surface area contributed by atoms with Crippen molar-refractivity contribution in [1.82, 2.24) is 9.55 Å². The number of benzene rings is 3. The molecule has 0 unspecified atom stereocenters. The molecule has 174 valence electrons. The van der Waals surface area contributed by atoms with Crippen LogP contribution in [0.5, 0.6) is 0 Å². The first-order chi connectivity index (χ1) is 16.2. The van der Waals surface area contributed by atoms with E-state index in [0.29, 0.717) is 22.0 Å². The summed E-state index contributed by atoms with van der Waals surface area (Å²) in [5.74, 6) is -0.151. The van der Waals surface area contributed by atoms with Crippen LogP contribution >= 0.6 is 24.0 Å². The Bertz CT molecular complexity index is 1520. The van der Waals surface area contributed by atoms with Crippen LogP contribution in [0.1, 0.15) is 11.1 Å². The maximum atomic E-state index is 12.6. The Hall–Kier alpha value is -3.05. The Morgan fingerprint density at radius 1 is 1.06 bits per heavy atom. The highest BCUT2D eigenvalue weighted by atomic mass is 32.2. The summed E-state index contributed by atoms with van der Waals surface area (Å²) in [5.41, 5.74) is 3.39. The molecule has 3 aromatic carbocycles. The lowest BCUT2D eigenvalue weighted by atomic mass is 10.1. The van der Waals surface area contributed by atoms with Crippen molar-refractivity contribution in [2.24, 2.45) is 5.14 Å². The molecule has 34 heavy (non-hydrogen) atoms. The molecule has 1 amide bonds. The molecular weight excluding hydrogens is 488 g/mol. The van der Waals surface area contributed by atoms with E-state index in [-0.39, 0.29) is 16.6 Å². The molecule has 0 atom stereocenters. The van der Waals surface area contributed by atoms with E-state index in [1.54, 1.807) is 0 Å². The summed E-state index contributed by atoms with van der Waals surface area (Å²) in [6, 6.07) is 21.5. The molecule has 0 bridgehead atoms. The van der Waals surface area contributed by atoms with Crippen LogP contribution in [0.25, 0.3) is 10.9 Å². The van der Waals surface area contributed by atoms with Crippen molar-refractivity contribution in [1.29, 1.82) is 0 Å². The molecule has 1 aromatic heterocycles. The molecule has 4 rings (SSSR count). The van der Waals surface area contributed by atoms with E-state index in [1.807, 2.05) is 60.0 Å². The third-order valence-electron chi connectivity index (χ3n) is 5.14. The van der Waals surface area contributed by atoms with Crippen molar-refractivity contribution in [3.8, 4) is 0 Å². The van der Waals surface area contributed by atoms with Crippen LogP contribution in [0, 0.1) is 11.6 Å². The SMILES string of the molecule is Cc1cccc2nc(SCC(=O)Nc3ccc(S(N)(=O)=O)cc3)n(Cc3ccccc3)c(=S)c12. The lowest BCUT2D eigenvalue weighted by Crippen LogP contribution is -2.16. The van der Waals surface area contributed by atoms with Gasteiger partial charge in [-0.05, 0) is 48.4 Å². The van der Waals surface area contributed by atoms with Crippen LogP contribution in [-0.4, -0.2) is 29.6 Å². The molecular formula is C24H22N4O3S3. The van der Waals surface area contributed by atoms with Gasteiger partial charge in [0.25, 0.3) is 0 Å². The van der Waals surface area contributed by atoms with Gasteiger partial charge in [-0.3, -0.25) is 4.79 Å². The number of hydrogen-bond donors (Lipinski definition) is 2. The van der Waals surface area contributed by atoms with E-state index in [9.17, 15) is 13.2 Å². The third-order valence-corrected chi connectivity index (χ3v) is 7.47. The predicted octanol–water partition coefficient (Wildman–Crippen LogP) is 4.50. The number of carbonyl (C=O) groups is 1. The summed E-state index contributed by atoms with van der Waals surface area (Å²) < 4.78 is 25.4. The van der Waals surface area contributed by atoms with Gasteiger partial charge in [-0.15, -0.1) is 0 Å². The highest BCUT2D eigenvalue weighted by molar-refractivity contribution is 7.99. The molecule has 0 aliphatic rings. The number of hydrogen-bond acceptors (Lipinski definition) is 6. The minimum Gasteiger partial charge on any atom is -0.325 e. The fraction of sp³-hybridized carbons (Fsp3) is 0.125. The number of rotatable bonds is 7. The van der Waals surface area contributed by atoms with E-state index >= 15 is 0 Å². The fourth-order valence-electron chi connectivity index (χ4n) is 3.48. The number of carbonyl (C=O) groups excluding carboxylic acids is 1. The number of fused-ring (bicyclic) bond motifs is 1. The first-order valence-corrected chi connectivity index (χ1v) is 13.3. The van der Waals surface area contributed by atoms with Gasteiger partial charge in [0.2, 0.25) is 15.9 Å². The van der Waals surface area contributed by atoms with Gasteiger partial charge in [-0.2, -0.15) is 0 Å². The minimum atomic E-state index is -3.79. The smallest absolute Gasteiger partial charge is 0.238 e. The largest absolute Gasteiger partial charge is 0.325 e. The maximum Gasteiger partial charge on any atom is 0.238 e. The lowest BCUT2D eigenvalue weighted by molar-refractivity contribution is -0.113. The number of anilines is 1. The Kier molecular flexibility index (Phi) is 7.13. The Morgan fingerprint density at radius 2 is 1.76 bits per heavy atom. The monoisotopic (exact) mass is 510 g/mol. The molecule has 7 nitrogen and oxygen atoms in total. The molecule has 0 spiro atoms. The van der Waals surface area contributed by atoms with Crippen molar-refractivity contribution in [3.05, 3.63) is 88.6 Å². The summed E-state index contributed by atoms with van der Waals surface area (Å²) in [7, 11) is -3.79. The van der Waals surface area contributed by atoms with Crippen LogP contribution in [0.4, 0.5) is 5.69 Å². The second-order valence-corrected chi connectivity index (χ2v) is 10.5. The molecule has 10 heteroatoms. The Balaban J connectivity index is 1.58. The number of nitrogens with zero attached hydrogens (tertiary/aromatic N) is 2. The molecule has 3 N–H and O–H groups in total. The van der Waals surface area contributed by atoms with Crippen LogP contribution in [0.2, 0.25) is 0 Å². The van der Waals surface area contributed by atoms with Crippen molar-refractivity contribution in [2.45, 2.75) is 23.5 Å². The minimum absolute atomic E-state index is 0.0181.